The number of rotatable bonds is 4. The molecule has 9 heteroatoms. The SMILES string of the molecule is COC1O[C@H](C)C(N[C@@H]2C=C(CO)[C@@H](O)[C@@H](O)C2O)[C@H](O)C1O. The highest BCUT2D eigenvalue weighted by atomic mass is 16.7. The summed E-state index contributed by atoms with van der Waals surface area (Å²) < 4.78 is 10.4. The third kappa shape index (κ3) is 3.58. The lowest BCUT2D eigenvalue weighted by Gasteiger charge is -2.44. The Bertz CT molecular complexity index is 433. The molecule has 0 spiro atoms. The first-order chi connectivity index (χ1) is 10.8. The maximum absolute atomic E-state index is 10.2. The van der Waals surface area contributed by atoms with Crippen molar-refractivity contribution in [1.29, 1.82) is 0 Å². The molecule has 7 N–H and O–H groups in total. The summed E-state index contributed by atoms with van der Waals surface area (Å²) in [7, 11) is 1.35. The first kappa shape index (κ1) is 18.7. The summed E-state index contributed by atoms with van der Waals surface area (Å²) in [6.07, 6.45) is -6.83. The molecule has 4 unspecified atom stereocenters. The van der Waals surface area contributed by atoms with Gasteiger partial charge in [0.15, 0.2) is 6.29 Å². The van der Waals surface area contributed by atoms with Gasteiger partial charge in [0.2, 0.25) is 0 Å². The fourth-order valence-corrected chi connectivity index (χ4v) is 3.02. The molecule has 1 aliphatic carbocycles. The van der Waals surface area contributed by atoms with Gasteiger partial charge in [-0.1, -0.05) is 6.08 Å². The molecule has 134 valence electrons. The Balaban J connectivity index is 2.15. The Labute approximate surface area is 133 Å². The summed E-state index contributed by atoms with van der Waals surface area (Å²) in [6, 6.07) is -1.60. The van der Waals surface area contributed by atoms with Gasteiger partial charge in [-0.15, -0.1) is 0 Å². The van der Waals surface area contributed by atoms with E-state index in [9.17, 15) is 30.6 Å². The molecule has 0 aromatic heterocycles. The number of hydrogen-bond donors (Lipinski definition) is 7. The van der Waals surface area contributed by atoms with Crippen LogP contribution in [-0.2, 0) is 9.47 Å². The molecular weight excluding hydrogens is 310 g/mol. The van der Waals surface area contributed by atoms with Gasteiger partial charge in [0.05, 0.1) is 24.8 Å². The molecule has 0 saturated carbocycles. The van der Waals surface area contributed by atoms with E-state index in [0.717, 1.165) is 0 Å². The first-order valence-electron chi connectivity index (χ1n) is 7.47. The van der Waals surface area contributed by atoms with Crippen LogP contribution in [0.2, 0.25) is 0 Å². The predicted molar refractivity (Wildman–Crippen MR) is 77.3 cm³/mol. The van der Waals surface area contributed by atoms with Crippen molar-refractivity contribution < 1.29 is 40.1 Å². The highest BCUT2D eigenvalue weighted by Crippen LogP contribution is 2.25. The van der Waals surface area contributed by atoms with Crippen molar-refractivity contribution >= 4 is 0 Å². The normalized spacial score (nSPS) is 48.2. The van der Waals surface area contributed by atoms with Crippen LogP contribution < -0.4 is 5.32 Å². The van der Waals surface area contributed by atoms with Gasteiger partial charge in [-0.05, 0) is 12.5 Å². The minimum absolute atomic E-state index is 0.162. The second-order valence-electron chi connectivity index (χ2n) is 5.97. The van der Waals surface area contributed by atoms with E-state index in [1.54, 1.807) is 6.92 Å². The highest BCUT2D eigenvalue weighted by molar-refractivity contribution is 5.22. The third-order valence-electron chi connectivity index (χ3n) is 4.47. The van der Waals surface area contributed by atoms with Crippen molar-refractivity contribution in [2.75, 3.05) is 13.7 Å². The lowest BCUT2D eigenvalue weighted by atomic mass is 9.86. The van der Waals surface area contributed by atoms with Crippen LogP contribution in [0.5, 0.6) is 0 Å². The first-order valence-corrected chi connectivity index (χ1v) is 7.47. The van der Waals surface area contributed by atoms with Crippen molar-refractivity contribution in [2.45, 2.75) is 61.9 Å². The predicted octanol–water partition coefficient (Wildman–Crippen LogP) is -3.56. The summed E-state index contributed by atoms with van der Waals surface area (Å²) >= 11 is 0. The smallest absolute Gasteiger partial charge is 0.186 e. The fraction of sp³-hybridized carbons (Fsp3) is 0.857. The van der Waals surface area contributed by atoms with E-state index in [4.69, 9.17) is 9.47 Å². The second kappa shape index (κ2) is 7.51. The van der Waals surface area contributed by atoms with Crippen molar-refractivity contribution in [1.82, 2.24) is 5.32 Å². The Morgan fingerprint density at radius 3 is 2.30 bits per heavy atom. The molecule has 0 radical (unpaired) electrons. The number of hydrogen-bond acceptors (Lipinski definition) is 9. The molecule has 1 aliphatic heterocycles. The van der Waals surface area contributed by atoms with Crippen molar-refractivity contribution in [2.24, 2.45) is 0 Å². The van der Waals surface area contributed by atoms with E-state index in [1.807, 2.05) is 0 Å². The summed E-state index contributed by atoms with van der Waals surface area (Å²) in [5.41, 5.74) is 0.162. The Kier molecular flexibility index (Phi) is 6.11. The van der Waals surface area contributed by atoms with Crippen molar-refractivity contribution in [3.05, 3.63) is 11.6 Å². The monoisotopic (exact) mass is 335 g/mol. The van der Waals surface area contributed by atoms with E-state index in [0.29, 0.717) is 0 Å². The molecule has 1 heterocycles. The molecule has 2 rings (SSSR count). The van der Waals surface area contributed by atoms with Crippen LogP contribution in [0.15, 0.2) is 11.6 Å². The standard InChI is InChI=1S/C14H25NO8/c1-5-8(11(19)13(21)14(22-2)23-5)15-7-3-6(4-16)9(17)12(20)10(7)18/h3,5,7-21H,4H2,1-2H3/t5-,7-,8?,9-,10?,11+,12-,13?,14?/m1/s1. The van der Waals surface area contributed by atoms with E-state index in [-0.39, 0.29) is 5.57 Å². The van der Waals surface area contributed by atoms with Gasteiger partial charge in [-0.2, -0.15) is 0 Å². The van der Waals surface area contributed by atoms with Gasteiger partial charge in [0, 0.05) is 7.11 Å². The molecule has 23 heavy (non-hydrogen) atoms. The summed E-state index contributed by atoms with van der Waals surface area (Å²) in [6.45, 7) is 1.19. The average Bonchev–Trinajstić information content (AvgIpc) is 2.54. The zero-order valence-electron chi connectivity index (χ0n) is 13.0. The number of methoxy groups -OCH3 is 1. The Hall–Kier alpha value is -0.620. The van der Waals surface area contributed by atoms with Gasteiger partial charge in [-0.25, -0.2) is 0 Å². The van der Waals surface area contributed by atoms with Gasteiger partial charge in [0.25, 0.3) is 0 Å². The van der Waals surface area contributed by atoms with Crippen LogP contribution in [0, 0.1) is 0 Å². The highest BCUT2D eigenvalue weighted by Gasteiger charge is 2.45. The molecule has 9 atom stereocenters. The topological polar surface area (TPSA) is 152 Å². The molecule has 2 aliphatic rings. The third-order valence-corrected chi connectivity index (χ3v) is 4.47. The summed E-state index contributed by atoms with van der Waals surface area (Å²) in [5, 5.41) is 62.0. The average molecular weight is 335 g/mol. The minimum Gasteiger partial charge on any atom is -0.392 e. The number of nitrogens with one attached hydrogen (secondary N) is 1. The molecule has 0 aromatic carbocycles. The zero-order chi connectivity index (χ0) is 17.3. The van der Waals surface area contributed by atoms with Gasteiger partial charge in [0.1, 0.15) is 30.5 Å². The van der Waals surface area contributed by atoms with Crippen LogP contribution in [-0.4, -0.2) is 99.4 Å². The molecule has 0 aromatic rings. The lowest BCUT2D eigenvalue weighted by Crippen LogP contribution is -2.66. The van der Waals surface area contributed by atoms with E-state index in [2.05, 4.69) is 5.32 Å². The molecular formula is C14H25NO8. The number of aliphatic hydroxyl groups excluding tert-OH is 6. The van der Waals surface area contributed by atoms with E-state index in [1.165, 1.54) is 13.2 Å². The molecule has 0 bridgehead atoms. The van der Waals surface area contributed by atoms with Gasteiger partial charge in [-0.3, -0.25) is 0 Å². The number of aliphatic hydroxyl groups is 6. The maximum Gasteiger partial charge on any atom is 0.186 e. The maximum atomic E-state index is 10.2. The lowest BCUT2D eigenvalue weighted by molar-refractivity contribution is -0.265. The molecule has 1 fully saturated rings. The summed E-state index contributed by atoms with van der Waals surface area (Å²) in [5.74, 6) is 0. The zero-order valence-corrected chi connectivity index (χ0v) is 13.0. The van der Waals surface area contributed by atoms with Crippen LogP contribution in [0.25, 0.3) is 0 Å². The van der Waals surface area contributed by atoms with Crippen LogP contribution in [0.1, 0.15) is 6.92 Å². The van der Waals surface area contributed by atoms with Crippen LogP contribution in [0.3, 0.4) is 0 Å². The van der Waals surface area contributed by atoms with Crippen molar-refractivity contribution in [3.8, 4) is 0 Å². The fourth-order valence-electron chi connectivity index (χ4n) is 3.02. The Morgan fingerprint density at radius 1 is 1.09 bits per heavy atom. The minimum atomic E-state index is -1.48. The largest absolute Gasteiger partial charge is 0.392 e. The number of ether oxygens (including phenoxy) is 2. The molecule has 0 amide bonds. The van der Waals surface area contributed by atoms with Gasteiger partial charge >= 0.3 is 0 Å². The van der Waals surface area contributed by atoms with E-state index < -0.39 is 61.6 Å². The van der Waals surface area contributed by atoms with Crippen LogP contribution >= 0.6 is 0 Å². The molecule has 1 saturated heterocycles. The second-order valence-corrected chi connectivity index (χ2v) is 5.97. The van der Waals surface area contributed by atoms with Crippen LogP contribution in [0.4, 0.5) is 0 Å². The molecule has 9 nitrogen and oxygen atoms in total. The van der Waals surface area contributed by atoms with Gasteiger partial charge < -0.3 is 45.4 Å². The van der Waals surface area contributed by atoms with Crippen molar-refractivity contribution in [3.63, 3.8) is 0 Å². The quantitative estimate of drug-likeness (QED) is 0.259. The summed E-state index contributed by atoms with van der Waals surface area (Å²) in [4.78, 5) is 0. The van der Waals surface area contributed by atoms with E-state index >= 15 is 0 Å². The Morgan fingerprint density at radius 2 is 1.74 bits per heavy atom.